The molecule has 0 aliphatic heterocycles. The minimum Gasteiger partial charge on any atom is -0.477 e. The van der Waals surface area contributed by atoms with E-state index in [4.69, 9.17) is 9.72 Å². The minimum atomic E-state index is -2.73. The average molecular weight is 469 g/mol. The first-order valence-electron chi connectivity index (χ1n) is 11.1. The van der Waals surface area contributed by atoms with Gasteiger partial charge in [-0.25, -0.2) is 18.7 Å². The Balaban J connectivity index is 2.20. The number of nitrogens with zero attached hydrogens (tertiary/aromatic N) is 5. The maximum Gasteiger partial charge on any atom is 0.280 e. The van der Waals surface area contributed by atoms with Crippen molar-refractivity contribution < 1.29 is 13.5 Å². The van der Waals surface area contributed by atoms with Gasteiger partial charge in [0.2, 0.25) is 5.88 Å². The van der Waals surface area contributed by atoms with E-state index in [-0.39, 0.29) is 18.3 Å². The SMILES string of the molecule is C=N/C(=C(\C=C/C)CNc1cc(-c2cccnc2OCC)nc2c(C)nn(C(C)C)c12)C(F)F. The molecule has 0 unspecified atom stereocenters. The predicted octanol–water partition coefficient (Wildman–Crippen LogP) is 5.99. The van der Waals surface area contributed by atoms with E-state index in [1.807, 2.05) is 50.6 Å². The number of rotatable bonds is 10. The van der Waals surface area contributed by atoms with Gasteiger partial charge in [0, 0.05) is 18.8 Å². The van der Waals surface area contributed by atoms with Crippen molar-refractivity contribution in [2.24, 2.45) is 4.99 Å². The van der Waals surface area contributed by atoms with Crippen molar-refractivity contribution in [2.75, 3.05) is 18.5 Å². The monoisotopic (exact) mass is 468 g/mol. The van der Waals surface area contributed by atoms with Gasteiger partial charge in [0.25, 0.3) is 6.43 Å². The number of anilines is 1. The Morgan fingerprint density at radius 2 is 2.12 bits per heavy atom. The number of hydrogen-bond donors (Lipinski definition) is 1. The highest BCUT2D eigenvalue weighted by Gasteiger charge is 2.20. The Kier molecular flexibility index (Phi) is 8.09. The predicted molar refractivity (Wildman–Crippen MR) is 133 cm³/mol. The summed E-state index contributed by atoms with van der Waals surface area (Å²) in [5, 5.41) is 8.00. The van der Waals surface area contributed by atoms with E-state index < -0.39 is 6.43 Å². The summed E-state index contributed by atoms with van der Waals surface area (Å²) < 4.78 is 34.7. The summed E-state index contributed by atoms with van der Waals surface area (Å²) in [7, 11) is 0. The van der Waals surface area contributed by atoms with Gasteiger partial charge in [0.05, 0.1) is 29.2 Å². The van der Waals surface area contributed by atoms with E-state index in [9.17, 15) is 8.78 Å². The molecule has 0 fully saturated rings. The fraction of sp³-hybridized carbons (Fsp3) is 0.360. The van der Waals surface area contributed by atoms with Crippen LogP contribution < -0.4 is 10.1 Å². The summed E-state index contributed by atoms with van der Waals surface area (Å²) in [4.78, 5) is 12.8. The number of aryl methyl sites for hydroxylation is 1. The zero-order valence-corrected chi connectivity index (χ0v) is 20.1. The van der Waals surface area contributed by atoms with Crippen LogP contribution in [0.4, 0.5) is 14.5 Å². The van der Waals surface area contributed by atoms with Gasteiger partial charge in [-0.1, -0.05) is 12.2 Å². The van der Waals surface area contributed by atoms with E-state index in [1.165, 1.54) is 0 Å². The summed E-state index contributed by atoms with van der Waals surface area (Å²) >= 11 is 0. The summed E-state index contributed by atoms with van der Waals surface area (Å²) in [5.41, 5.74) is 4.36. The molecule has 0 aromatic carbocycles. The van der Waals surface area contributed by atoms with Gasteiger partial charge in [0.1, 0.15) is 16.7 Å². The Hall–Kier alpha value is -3.62. The topological polar surface area (TPSA) is 77.2 Å². The first-order chi connectivity index (χ1) is 16.3. The Labute approximate surface area is 198 Å². The van der Waals surface area contributed by atoms with Crippen LogP contribution in [0.2, 0.25) is 0 Å². The molecular weight excluding hydrogens is 438 g/mol. The molecule has 3 aromatic heterocycles. The van der Waals surface area contributed by atoms with Gasteiger partial charge < -0.3 is 10.1 Å². The van der Waals surface area contributed by atoms with Crippen molar-refractivity contribution in [3.63, 3.8) is 0 Å². The zero-order valence-electron chi connectivity index (χ0n) is 20.1. The molecule has 7 nitrogen and oxygen atoms in total. The van der Waals surface area contributed by atoms with Crippen molar-refractivity contribution in [1.29, 1.82) is 0 Å². The Bertz CT molecular complexity index is 1230. The van der Waals surface area contributed by atoms with Crippen LogP contribution in [0.1, 0.15) is 39.4 Å². The highest BCUT2D eigenvalue weighted by atomic mass is 19.3. The molecule has 3 rings (SSSR count). The van der Waals surface area contributed by atoms with Crippen LogP contribution in [-0.4, -0.2) is 46.0 Å². The second kappa shape index (κ2) is 11.0. The molecular formula is C25H30F2N6O. The lowest BCUT2D eigenvalue weighted by molar-refractivity contribution is 0.187. The molecule has 0 aliphatic carbocycles. The van der Waals surface area contributed by atoms with Crippen molar-refractivity contribution >= 4 is 23.4 Å². The highest BCUT2D eigenvalue weighted by molar-refractivity contribution is 5.93. The van der Waals surface area contributed by atoms with E-state index in [0.29, 0.717) is 35.0 Å². The van der Waals surface area contributed by atoms with E-state index in [0.717, 1.165) is 16.8 Å². The van der Waals surface area contributed by atoms with E-state index in [2.05, 4.69) is 27.1 Å². The van der Waals surface area contributed by atoms with E-state index >= 15 is 0 Å². The largest absolute Gasteiger partial charge is 0.477 e. The van der Waals surface area contributed by atoms with Gasteiger partial charge >= 0.3 is 0 Å². The number of fused-ring (bicyclic) bond motifs is 1. The maximum absolute atomic E-state index is 13.5. The molecule has 3 heterocycles. The number of ether oxygens (including phenoxy) is 1. The standard InChI is InChI=1S/C25H30F2N6O/c1-7-10-17(22(28-6)24(26)27)14-30-20-13-19(18-11-9-12-29-25(18)34-8-2)31-21-16(5)32-33(15(3)4)23(20)21/h7,9-13,15,24H,6,8,14H2,1-5H3,(H,30,31)/b10-7-,22-17+. The molecule has 0 radical (unpaired) electrons. The maximum atomic E-state index is 13.5. The van der Waals surface area contributed by atoms with Gasteiger partial charge in [-0.05, 0) is 65.1 Å². The lowest BCUT2D eigenvalue weighted by Gasteiger charge is -2.16. The number of alkyl halides is 2. The minimum absolute atomic E-state index is 0.0683. The summed E-state index contributed by atoms with van der Waals surface area (Å²) in [6, 6.07) is 5.65. The van der Waals surface area contributed by atoms with Crippen LogP contribution in [0.15, 0.2) is 52.8 Å². The first kappa shape index (κ1) is 25.0. The lowest BCUT2D eigenvalue weighted by atomic mass is 10.1. The third kappa shape index (κ3) is 5.13. The van der Waals surface area contributed by atoms with Crippen LogP contribution in [0, 0.1) is 6.92 Å². The van der Waals surface area contributed by atoms with Crippen molar-refractivity contribution in [1.82, 2.24) is 19.7 Å². The molecule has 34 heavy (non-hydrogen) atoms. The normalized spacial score (nSPS) is 12.6. The highest BCUT2D eigenvalue weighted by Crippen LogP contribution is 2.34. The number of halogens is 2. The molecule has 0 spiro atoms. The molecule has 0 saturated carbocycles. The lowest BCUT2D eigenvalue weighted by Crippen LogP contribution is -2.11. The summed E-state index contributed by atoms with van der Waals surface area (Å²) in [6.45, 7) is 13.5. The number of hydrogen-bond acceptors (Lipinski definition) is 6. The molecule has 0 aliphatic rings. The summed E-state index contributed by atoms with van der Waals surface area (Å²) in [5.74, 6) is 0.474. The third-order valence-electron chi connectivity index (χ3n) is 5.18. The number of pyridine rings is 2. The third-order valence-corrected chi connectivity index (χ3v) is 5.18. The van der Waals surface area contributed by atoms with Crippen LogP contribution in [0.3, 0.4) is 0 Å². The molecule has 0 amide bonds. The number of allylic oxidation sites excluding steroid dienone is 2. The van der Waals surface area contributed by atoms with Gasteiger partial charge in [-0.15, -0.1) is 0 Å². The van der Waals surface area contributed by atoms with Crippen LogP contribution in [0.5, 0.6) is 5.88 Å². The van der Waals surface area contributed by atoms with Crippen LogP contribution >= 0.6 is 0 Å². The fourth-order valence-corrected chi connectivity index (χ4v) is 3.70. The van der Waals surface area contributed by atoms with Gasteiger partial charge in [-0.2, -0.15) is 5.10 Å². The number of aliphatic imine (C=N–C) groups is 1. The molecule has 180 valence electrons. The number of aromatic nitrogens is 4. The van der Waals surface area contributed by atoms with Crippen LogP contribution in [0.25, 0.3) is 22.3 Å². The summed E-state index contributed by atoms with van der Waals surface area (Å²) in [6.07, 6.45) is 2.24. The molecule has 0 atom stereocenters. The molecule has 0 bridgehead atoms. The Morgan fingerprint density at radius 1 is 1.35 bits per heavy atom. The first-order valence-corrected chi connectivity index (χ1v) is 11.1. The zero-order chi connectivity index (χ0) is 24.8. The Morgan fingerprint density at radius 3 is 2.74 bits per heavy atom. The van der Waals surface area contributed by atoms with Crippen molar-refractivity contribution in [3.8, 4) is 17.1 Å². The van der Waals surface area contributed by atoms with Gasteiger partial charge in [-0.3, -0.25) is 9.67 Å². The van der Waals surface area contributed by atoms with Gasteiger partial charge in [0.15, 0.2) is 0 Å². The second-order valence-corrected chi connectivity index (χ2v) is 7.89. The van der Waals surface area contributed by atoms with Crippen molar-refractivity contribution in [2.45, 2.75) is 47.1 Å². The van der Waals surface area contributed by atoms with E-state index in [1.54, 1.807) is 25.3 Å². The average Bonchev–Trinajstić information content (AvgIpc) is 3.15. The quantitative estimate of drug-likeness (QED) is 0.292. The van der Waals surface area contributed by atoms with Crippen molar-refractivity contribution in [3.05, 3.63) is 53.5 Å². The van der Waals surface area contributed by atoms with Crippen LogP contribution in [-0.2, 0) is 0 Å². The second-order valence-electron chi connectivity index (χ2n) is 7.89. The molecule has 3 aromatic rings. The molecule has 1 N–H and O–H groups in total. The molecule has 9 heteroatoms. The fourth-order valence-electron chi connectivity index (χ4n) is 3.70. The smallest absolute Gasteiger partial charge is 0.280 e. The number of nitrogens with one attached hydrogen (secondary N) is 1. The molecule has 0 saturated heterocycles.